The Morgan fingerprint density at radius 1 is 1.83 bits per heavy atom. The molecule has 0 radical (unpaired) electrons. The predicted molar refractivity (Wildman–Crippen MR) is 45.4 cm³/mol. The number of hydrazine groups is 1. The van der Waals surface area contributed by atoms with E-state index in [1.807, 2.05) is 0 Å². The minimum absolute atomic E-state index is 0.357. The minimum Gasteiger partial charge on any atom is -0.466 e. The Bertz CT molecular complexity index is 244. The molecule has 1 N–H and O–H groups in total. The molecule has 1 unspecified atom stereocenters. The number of carbonyl (C=O) groups excluding carboxylic acids is 1. The van der Waals surface area contributed by atoms with E-state index in [4.69, 9.17) is 23.2 Å². The first-order valence-corrected chi connectivity index (χ1v) is 3.92. The number of alkyl halides is 1. The summed E-state index contributed by atoms with van der Waals surface area (Å²) in [5.74, 6) is -0.591. The first kappa shape index (κ1) is 9.64. The molecular formula is C6H8Cl2N2O2. The van der Waals surface area contributed by atoms with Crippen LogP contribution in [-0.2, 0) is 9.53 Å². The third-order valence-corrected chi connectivity index (χ3v) is 2.16. The van der Waals surface area contributed by atoms with Crippen LogP contribution in [0, 0.1) is 0 Å². The monoisotopic (exact) mass is 210 g/mol. The molecule has 1 aliphatic heterocycles. The van der Waals surface area contributed by atoms with E-state index in [-0.39, 0.29) is 0 Å². The maximum Gasteiger partial charge on any atom is 0.347 e. The first-order valence-electron chi connectivity index (χ1n) is 3.17. The number of carbonyl (C=O) groups is 1. The highest BCUT2D eigenvalue weighted by Gasteiger charge is 2.41. The molecule has 1 aliphatic rings. The smallest absolute Gasteiger partial charge is 0.347 e. The Hall–Kier alpha value is -0.450. The van der Waals surface area contributed by atoms with Crippen molar-refractivity contribution in [3.63, 3.8) is 0 Å². The van der Waals surface area contributed by atoms with Crippen LogP contribution in [0.2, 0.25) is 0 Å². The number of esters is 1. The predicted octanol–water partition coefficient (Wildman–Crippen LogP) is 0.625. The second kappa shape index (κ2) is 3.12. The standard InChI is InChI=1S/C6H8Cl2N2O2/c1-10-4(7)3-6(8,9-10)5(11)12-2/h3,9H,1-2H3. The van der Waals surface area contributed by atoms with Gasteiger partial charge in [-0.15, -0.1) is 0 Å². The van der Waals surface area contributed by atoms with Crippen molar-refractivity contribution in [3.8, 4) is 0 Å². The van der Waals surface area contributed by atoms with Gasteiger partial charge in [-0.25, -0.2) is 4.79 Å². The van der Waals surface area contributed by atoms with Crippen LogP contribution in [0.3, 0.4) is 0 Å². The minimum atomic E-state index is -1.36. The zero-order chi connectivity index (χ0) is 9.35. The summed E-state index contributed by atoms with van der Waals surface area (Å²) in [7, 11) is 2.90. The van der Waals surface area contributed by atoms with Gasteiger partial charge in [0.25, 0.3) is 0 Å². The van der Waals surface area contributed by atoms with Crippen molar-refractivity contribution in [2.45, 2.75) is 5.00 Å². The molecule has 0 bridgehead atoms. The topological polar surface area (TPSA) is 41.6 Å². The van der Waals surface area contributed by atoms with E-state index in [1.54, 1.807) is 7.05 Å². The maximum absolute atomic E-state index is 11.1. The molecule has 6 heteroatoms. The van der Waals surface area contributed by atoms with Crippen molar-refractivity contribution in [2.24, 2.45) is 0 Å². The lowest BCUT2D eigenvalue weighted by molar-refractivity contribution is -0.143. The SMILES string of the molecule is COC(=O)C1(Cl)C=C(Cl)N(C)N1. The third kappa shape index (κ3) is 1.50. The lowest BCUT2D eigenvalue weighted by atomic mass is 10.3. The lowest BCUT2D eigenvalue weighted by Gasteiger charge is -2.20. The van der Waals surface area contributed by atoms with Gasteiger partial charge in [0.1, 0.15) is 5.16 Å². The Morgan fingerprint density at radius 2 is 2.42 bits per heavy atom. The number of nitrogens with one attached hydrogen (secondary N) is 1. The molecule has 1 atom stereocenters. The van der Waals surface area contributed by atoms with Gasteiger partial charge in [-0.3, -0.25) is 5.01 Å². The van der Waals surface area contributed by atoms with Gasteiger partial charge in [-0.1, -0.05) is 23.2 Å². The number of hydrogen-bond donors (Lipinski definition) is 1. The van der Waals surface area contributed by atoms with Crippen LogP contribution < -0.4 is 5.43 Å². The molecule has 0 aromatic rings. The largest absolute Gasteiger partial charge is 0.466 e. The highest BCUT2D eigenvalue weighted by atomic mass is 35.5. The maximum atomic E-state index is 11.1. The highest BCUT2D eigenvalue weighted by Crippen LogP contribution is 2.26. The van der Waals surface area contributed by atoms with Gasteiger partial charge in [-0.2, -0.15) is 5.43 Å². The average molecular weight is 211 g/mol. The van der Waals surface area contributed by atoms with Crippen LogP contribution in [0.4, 0.5) is 0 Å². The Labute approximate surface area is 80.0 Å². The van der Waals surface area contributed by atoms with Crippen LogP contribution in [0.1, 0.15) is 0 Å². The summed E-state index contributed by atoms with van der Waals surface area (Å²) in [6.07, 6.45) is 1.38. The van der Waals surface area contributed by atoms with Gasteiger partial charge in [0.05, 0.1) is 7.11 Å². The second-order valence-electron chi connectivity index (χ2n) is 2.34. The summed E-state index contributed by atoms with van der Waals surface area (Å²) in [6, 6.07) is 0. The van der Waals surface area contributed by atoms with E-state index in [2.05, 4.69) is 10.2 Å². The normalized spacial score (nSPS) is 28.7. The Morgan fingerprint density at radius 3 is 2.75 bits per heavy atom. The molecule has 0 aromatic heterocycles. The fourth-order valence-corrected chi connectivity index (χ4v) is 1.41. The van der Waals surface area contributed by atoms with E-state index in [0.717, 1.165) is 0 Å². The van der Waals surface area contributed by atoms with E-state index in [9.17, 15) is 4.79 Å². The van der Waals surface area contributed by atoms with Crippen LogP contribution in [-0.4, -0.2) is 30.1 Å². The Kier molecular flexibility index (Phi) is 2.51. The van der Waals surface area contributed by atoms with Gasteiger partial charge < -0.3 is 4.74 Å². The molecule has 1 heterocycles. The molecule has 12 heavy (non-hydrogen) atoms. The molecule has 0 amide bonds. The summed E-state index contributed by atoms with van der Waals surface area (Å²) < 4.78 is 4.47. The van der Waals surface area contributed by atoms with E-state index in [0.29, 0.717) is 5.16 Å². The highest BCUT2D eigenvalue weighted by molar-refractivity contribution is 6.38. The van der Waals surface area contributed by atoms with Crippen molar-refractivity contribution in [3.05, 3.63) is 11.2 Å². The van der Waals surface area contributed by atoms with Gasteiger partial charge in [0.15, 0.2) is 0 Å². The summed E-state index contributed by atoms with van der Waals surface area (Å²) in [5, 5.41) is 1.79. The molecular weight excluding hydrogens is 203 g/mol. The van der Waals surface area contributed by atoms with Crippen molar-refractivity contribution in [1.29, 1.82) is 0 Å². The van der Waals surface area contributed by atoms with Gasteiger partial charge in [0, 0.05) is 13.1 Å². The molecule has 0 saturated carbocycles. The molecule has 1 rings (SSSR count). The van der Waals surface area contributed by atoms with Crippen LogP contribution >= 0.6 is 23.2 Å². The molecule has 4 nitrogen and oxygen atoms in total. The Balaban J connectivity index is 2.84. The van der Waals surface area contributed by atoms with Crippen molar-refractivity contribution in [2.75, 3.05) is 14.2 Å². The quantitative estimate of drug-likeness (QED) is 0.392. The lowest BCUT2D eigenvalue weighted by Crippen LogP contribution is -2.47. The summed E-state index contributed by atoms with van der Waals surface area (Å²) >= 11 is 11.5. The fourth-order valence-electron chi connectivity index (χ4n) is 0.844. The van der Waals surface area contributed by atoms with Crippen LogP contribution in [0.15, 0.2) is 11.2 Å². The summed E-state index contributed by atoms with van der Waals surface area (Å²) in [4.78, 5) is 9.72. The van der Waals surface area contributed by atoms with E-state index in [1.165, 1.54) is 18.2 Å². The van der Waals surface area contributed by atoms with Gasteiger partial charge >= 0.3 is 5.97 Å². The van der Waals surface area contributed by atoms with E-state index < -0.39 is 11.0 Å². The number of methoxy groups -OCH3 is 1. The zero-order valence-electron chi connectivity index (χ0n) is 6.60. The number of hydrogen-bond acceptors (Lipinski definition) is 4. The zero-order valence-corrected chi connectivity index (χ0v) is 8.11. The fraction of sp³-hybridized carbons (Fsp3) is 0.500. The van der Waals surface area contributed by atoms with Crippen LogP contribution in [0.5, 0.6) is 0 Å². The van der Waals surface area contributed by atoms with Crippen molar-refractivity contribution in [1.82, 2.24) is 10.4 Å². The average Bonchev–Trinajstić information content (AvgIpc) is 2.26. The summed E-state index contributed by atoms with van der Waals surface area (Å²) in [5.41, 5.74) is 2.63. The molecule has 0 aliphatic carbocycles. The first-order chi connectivity index (χ1) is 5.49. The summed E-state index contributed by atoms with van der Waals surface area (Å²) in [6.45, 7) is 0. The number of halogens is 2. The van der Waals surface area contributed by atoms with Crippen molar-refractivity contribution >= 4 is 29.2 Å². The van der Waals surface area contributed by atoms with E-state index >= 15 is 0 Å². The van der Waals surface area contributed by atoms with Gasteiger partial charge in [-0.05, 0) is 0 Å². The number of ether oxygens (including phenoxy) is 1. The van der Waals surface area contributed by atoms with Crippen LogP contribution in [0.25, 0.3) is 0 Å². The molecule has 0 aromatic carbocycles. The molecule has 0 saturated heterocycles. The molecule has 0 spiro atoms. The molecule has 0 fully saturated rings. The van der Waals surface area contributed by atoms with Gasteiger partial charge in [0.2, 0.25) is 5.00 Å². The number of rotatable bonds is 1. The van der Waals surface area contributed by atoms with Crippen molar-refractivity contribution < 1.29 is 9.53 Å². The molecule has 68 valence electrons. The second-order valence-corrected chi connectivity index (χ2v) is 3.32. The third-order valence-electron chi connectivity index (χ3n) is 1.45. The number of nitrogens with zero attached hydrogens (tertiary/aromatic N) is 1.